The molecule has 3 rings (SSSR count). The third kappa shape index (κ3) is 2.69. The van der Waals surface area contributed by atoms with Gasteiger partial charge in [0.05, 0.1) is 12.6 Å². The molecule has 21 heavy (non-hydrogen) atoms. The summed E-state index contributed by atoms with van der Waals surface area (Å²) in [6.45, 7) is 3.13. The molecule has 2 aromatic carbocycles. The second-order valence-corrected chi connectivity index (χ2v) is 5.34. The van der Waals surface area contributed by atoms with Crippen LogP contribution in [0, 0.1) is 0 Å². The predicted octanol–water partition coefficient (Wildman–Crippen LogP) is 2.87. The van der Waals surface area contributed by atoms with E-state index in [1.54, 1.807) is 0 Å². The number of nitrogens with one attached hydrogen (secondary N) is 2. The molecule has 0 atom stereocenters. The molecular formula is C18H20N2O. The fraction of sp³-hybridized carbons (Fsp3) is 0.278. The molecule has 1 aliphatic carbocycles. The van der Waals surface area contributed by atoms with E-state index in [1.807, 2.05) is 0 Å². The minimum absolute atomic E-state index is 0.0544. The van der Waals surface area contributed by atoms with Crippen molar-refractivity contribution < 1.29 is 4.79 Å². The van der Waals surface area contributed by atoms with E-state index in [0.29, 0.717) is 6.54 Å². The van der Waals surface area contributed by atoms with Crippen molar-refractivity contribution in [3.63, 3.8) is 0 Å². The summed E-state index contributed by atoms with van der Waals surface area (Å²) in [6.07, 6.45) is 0.959. The lowest BCUT2D eigenvalue weighted by molar-refractivity contribution is -0.120. The first-order valence-electron chi connectivity index (χ1n) is 7.49. The maximum absolute atomic E-state index is 11.8. The molecule has 2 N–H and O–H groups in total. The summed E-state index contributed by atoms with van der Waals surface area (Å²) >= 11 is 0. The van der Waals surface area contributed by atoms with Gasteiger partial charge in [0.1, 0.15) is 0 Å². The van der Waals surface area contributed by atoms with Crippen LogP contribution >= 0.6 is 0 Å². The molecule has 0 saturated heterocycles. The van der Waals surface area contributed by atoms with Crippen LogP contribution in [0.4, 0.5) is 0 Å². The second-order valence-electron chi connectivity index (χ2n) is 5.34. The Morgan fingerprint density at radius 1 is 1.00 bits per heavy atom. The lowest BCUT2D eigenvalue weighted by Gasteiger charge is -2.15. The van der Waals surface area contributed by atoms with Crippen LogP contribution in [0.3, 0.4) is 0 Å². The van der Waals surface area contributed by atoms with Gasteiger partial charge in [0.25, 0.3) is 0 Å². The highest BCUT2D eigenvalue weighted by atomic mass is 16.1. The van der Waals surface area contributed by atoms with E-state index >= 15 is 0 Å². The number of rotatable bonds is 5. The highest BCUT2D eigenvalue weighted by Gasteiger charge is 2.27. The van der Waals surface area contributed by atoms with Gasteiger partial charge in [-0.3, -0.25) is 10.1 Å². The minimum atomic E-state index is 0.0544. The van der Waals surface area contributed by atoms with Crippen molar-refractivity contribution in [1.29, 1.82) is 0 Å². The van der Waals surface area contributed by atoms with Gasteiger partial charge in [0.2, 0.25) is 5.91 Å². The third-order valence-corrected chi connectivity index (χ3v) is 3.87. The van der Waals surface area contributed by atoms with Gasteiger partial charge in [-0.1, -0.05) is 55.5 Å². The number of carbonyl (C=O) groups is 1. The van der Waals surface area contributed by atoms with Crippen LogP contribution in [0.15, 0.2) is 48.5 Å². The number of hydrogen-bond acceptors (Lipinski definition) is 2. The third-order valence-electron chi connectivity index (χ3n) is 3.87. The Bertz CT molecular complexity index is 606. The van der Waals surface area contributed by atoms with E-state index in [1.165, 1.54) is 22.3 Å². The number of fused-ring (bicyclic) bond motifs is 3. The first kappa shape index (κ1) is 13.8. The van der Waals surface area contributed by atoms with E-state index < -0.39 is 0 Å². The predicted molar refractivity (Wildman–Crippen MR) is 85.0 cm³/mol. The summed E-state index contributed by atoms with van der Waals surface area (Å²) in [5, 5.41) is 6.29. The van der Waals surface area contributed by atoms with Gasteiger partial charge in [-0.2, -0.15) is 0 Å². The molecule has 2 aromatic rings. The van der Waals surface area contributed by atoms with Gasteiger partial charge < -0.3 is 5.32 Å². The van der Waals surface area contributed by atoms with Crippen LogP contribution < -0.4 is 10.6 Å². The lowest BCUT2D eigenvalue weighted by atomic mass is 10.1. The van der Waals surface area contributed by atoms with Gasteiger partial charge >= 0.3 is 0 Å². The van der Waals surface area contributed by atoms with Crippen molar-refractivity contribution in [3.05, 3.63) is 59.7 Å². The Kier molecular flexibility index (Phi) is 4.02. The molecule has 0 aliphatic heterocycles. The maximum Gasteiger partial charge on any atom is 0.233 e. The molecule has 108 valence electrons. The summed E-state index contributed by atoms with van der Waals surface area (Å²) in [5.41, 5.74) is 5.03. The smallest absolute Gasteiger partial charge is 0.233 e. The van der Waals surface area contributed by atoms with E-state index in [4.69, 9.17) is 0 Å². The molecule has 0 aromatic heterocycles. The van der Waals surface area contributed by atoms with Crippen molar-refractivity contribution in [2.45, 2.75) is 19.4 Å². The average Bonchev–Trinajstić information content (AvgIpc) is 2.85. The van der Waals surface area contributed by atoms with Gasteiger partial charge in [-0.05, 0) is 28.7 Å². The first-order chi connectivity index (χ1) is 10.3. The summed E-state index contributed by atoms with van der Waals surface area (Å²) in [5.74, 6) is 0.0544. The lowest BCUT2D eigenvalue weighted by Crippen LogP contribution is -2.35. The topological polar surface area (TPSA) is 41.1 Å². The molecule has 0 unspecified atom stereocenters. The van der Waals surface area contributed by atoms with Crippen molar-refractivity contribution in [2.75, 3.05) is 13.1 Å². The van der Waals surface area contributed by atoms with E-state index in [-0.39, 0.29) is 11.9 Å². The molecule has 0 bridgehead atoms. The SMILES string of the molecule is CCCNC(=O)CNC1c2ccccc2-c2ccccc21. The number of benzene rings is 2. The largest absolute Gasteiger partial charge is 0.355 e. The van der Waals surface area contributed by atoms with Crippen molar-refractivity contribution in [1.82, 2.24) is 10.6 Å². The zero-order valence-corrected chi connectivity index (χ0v) is 12.2. The molecule has 0 fully saturated rings. The van der Waals surface area contributed by atoms with Crippen LogP contribution in [0.1, 0.15) is 30.5 Å². The number of amides is 1. The molecule has 3 heteroatoms. The summed E-state index contributed by atoms with van der Waals surface area (Å²) in [6, 6.07) is 16.9. The molecule has 3 nitrogen and oxygen atoms in total. The Hall–Kier alpha value is -2.13. The van der Waals surface area contributed by atoms with E-state index in [0.717, 1.165) is 13.0 Å². The zero-order chi connectivity index (χ0) is 14.7. The summed E-state index contributed by atoms with van der Waals surface area (Å²) in [4.78, 5) is 11.8. The van der Waals surface area contributed by atoms with Crippen molar-refractivity contribution in [3.8, 4) is 11.1 Å². The summed E-state index contributed by atoms with van der Waals surface area (Å²) < 4.78 is 0. The van der Waals surface area contributed by atoms with E-state index in [2.05, 4.69) is 66.1 Å². The Morgan fingerprint density at radius 2 is 1.57 bits per heavy atom. The molecule has 0 heterocycles. The Morgan fingerprint density at radius 3 is 2.14 bits per heavy atom. The molecule has 0 saturated carbocycles. The van der Waals surface area contributed by atoms with Crippen LogP contribution in [0.5, 0.6) is 0 Å². The highest BCUT2D eigenvalue weighted by Crippen LogP contribution is 2.42. The van der Waals surface area contributed by atoms with Gasteiger partial charge in [0.15, 0.2) is 0 Å². The Balaban J connectivity index is 1.81. The minimum Gasteiger partial charge on any atom is -0.355 e. The molecular weight excluding hydrogens is 260 g/mol. The van der Waals surface area contributed by atoms with Crippen LogP contribution in [0.25, 0.3) is 11.1 Å². The van der Waals surface area contributed by atoms with Gasteiger partial charge in [-0.25, -0.2) is 0 Å². The standard InChI is InChI=1S/C18H20N2O/c1-2-11-19-17(21)12-20-18-15-9-5-3-7-13(15)14-8-4-6-10-16(14)18/h3-10,18,20H,2,11-12H2,1H3,(H,19,21). The van der Waals surface area contributed by atoms with E-state index in [9.17, 15) is 4.79 Å². The van der Waals surface area contributed by atoms with Crippen molar-refractivity contribution in [2.24, 2.45) is 0 Å². The molecule has 1 aliphatic rings. The van der Waals surface area contributed by atoms with Gasteiger partial charge in [-0.15, -0.1) is 0 Å². The Labute approximate surface area is 125 Å². The average molecular weight is 280 g/mol. The normalized spacial score (nSPS) is 12.8. The fourth-order valence-corrected chi connectivity index (χ4v) is 2.90. The zero-order valence-electron chi connectivity index (χ0n) is 12.2. The summed E-state index contributed by atoms with van der Waals surface area (Å²) in [7, 11) is 0. The van der Waals surface area contributed by atoms with Gasteiger partial charge in [0, 0.05) is 6.54 Å². The monoisotopic (exact) mass is 280 g/mol. The maximum atomic E-state index is 11.8. The number of carbonyl (C=O) groups excluding carboxylic acids is 1. The molecule has 0 spiro atoms. The van der Waals surface area contributed by atoms with Crippen LogP contribution in [0.2, 0.25) is 0 Å². The number of hydrogen-bond donors (Lipinski definition) is 2. The van der Waals surface area contributed by atoms with Crippen molar-refractivity contribution >= 4 is 5.91 Å². The molecule has 1 amide bonds. The second kappa shape index (κ2) is 6.10. The fourth-order valence-electron chi connectivity index (χ4n) is 2.90. The highest BCUT2D eigenvalue weighted by molar-refractivity contribution is 5.80. The molecule has 0 radical (unpaired) electrons. The van der Waals surface area contributed by atoms with Crippen LogP contribution in [-0.2, 0) is 4.79 Å². The first-order valence-corrected chi connectivity index (χ1v) is 7.49. The van der Waals surface area contributed by atoms with Crippen LogP contribution in [-0.4, -0.2) is 19.0 Å². The quantitative estimate of drug-likeness (QED) is 0.884.